The number of nitrogens with two attached hydrogens (primary N) is 2. The number of hydrogen-bond acceptors (Lipinski definition) is 18. The largest absolute Gasteiger partial charge is 0.387 e. The van der Waals surface area contributed by atoms with E-state index in [2.05, 4.69) is 54.4 Å². The number of rotatable bonds is 2. The number of thiol groups is 2. The maximum Gasteiger partial charge on any atom is 0.386 e. The standard InChI is InChI=1S/C20H24N10O11P2S2/c21-14-8-15(24-3-23-14)29(4-25-8)18-11(32)12-7(39-18)2-37-43(35,45)41-13-10(31)6(1-36-42(34,44)40-12)38-19(13)30-5-26-9-16(30)27-20(22)28-17(9)33/h3-7,10-13,18-19,31-32H,1-2H2,(H,34,44)(H,35,45)(H2,21,23,24)(H3,22,27,28,33)/t6-,7-,10-,11-,12-,13-,18-,19-,42-,43-/m1/s1. The monoisotopic (exact) mass is 706 g/mol. The molecule has 7 N–H and O–H groups in total. The van der Waals surface area contributed by atoms with E-state index in [0.29, 0.717) is 0 Å². The summed E-state index contributed by atoms with van der Waals surface area (Å²) in [7, 11) is 0. The molecule has 0 amide bonds. The van der Waals surface area contributed by atoms with Crippen molar-refractivity contribution in [1.29, 1.82) is 0 Å². The molecule has 3 aliphatic rings. The summed E-state index contributed by atoms with van der Waals surface area (Å²) in [6, 6.07) is 0. The lowest BCUT2D eigenvalue weighted by Crippen LogP contribution is -2.35. The minimum atomic E-state index is -4.38. The van der Waals surface area contributed by atoms with E-state index in [9.17, 15) is 24.1 Å². The minimum Gasteiger partial charge on any atom is -0.387 e. The lowest BCUT2D eigenvalue weighted by molar-refractivity contribution is -0.0575. The van der Waals surface area contributed by atoms with Crippen molar-refractivity contribution >= 4 is 72.2 Å². The van der Waals surface area contributed by atoms with Gasteiger partial charge in [-0.3, -0.25) is 37.0 Å². The van der Waals surface area contributed by atoms with Gasteiger partial charge in [0.2, 0.25) is 5.95 Å². The van der Waals surface area contributed by atoms with Crippen LogP contribution in [0.4, 0.5) is 11.8 Å². The molecule has 3 fully saturated rings. The summed E-state index contributed by atoms with van der Waals surface area (Å²) >= 11 is 8.12. The van der Waals surface area contributed by atoms with Crippen molar-refractivity contribution in [3.8, 4) is 0 Å². The van der Waals surface area contributed by atoms with Gasteiger partial charge in [0.1, 0.15) is 48.5 Å². The van der Waals surface area contributed by atoms with Crippen LogP contribution in [0.25, 0.3) is 22.3 Å². The van der Waals surface area contributed by atoms with Gasteiger partial charge in [0, 0.05) is 0 Å². The maximum absolute atomic E-state index is 13.5. The van der Waals surface area contributed by atoms with Crippen LogP contribution in [0.2, 0.25) is 0 Å². The highest BCUT2D eigenvalue weighted by molar-refractivity contribution is 8.44. The number of aliphatic hydroxyl groups excluding tert-OH is 2. The lowest BCUT2D eigenvalue weighted by Gasteiger charge is -2.26. The van der Waals surface area contributed by atoms with Crippen LogP contribution in [0, 0.1) is 0 Å². The average Bonchev–Trinajstić information content (AvgIpc) is 3.72. The van der Waals surface area contributed by atoms with Crippen molar-refractivity contribution in [3.05, 3.63) is 29.3 Å². The van der Waals surface area contributed by atoms with Gasteiger partial charge >= 0.3 is 13.6 Å². The molecule has 0 saturated carbocycles. The molecule has 7 rings (SSSR count). The molecule has 0 aliphatic carbocycles. The Kier molecular flexibility index (Phi) is 7.74. The molecule has 7 heterocycles. The van der Waals surface area contributed by atoms with Crippen molar-refractivity contribution in [2.75, 3.05) is 24.7 Å². The second kappa shape index (κ2) is 11.2. The highest BCUT2D eigenvalue weighted by atomic mass is 32.7. The first kappa shape index (κ1) is 31.0. The predicted molar refractivity (Wildman–Crippen MR) is 157 cm³/mol. The third kappa shape index (κ3) is 5.55. The average molecular weight is 707 g/mol. The van der Waals surface area contributed by atoms with E-state index in [1.165, 1.54) is 28.1 Å². The number of aromatic nitrogens is 8. The molecule has 0 unspecified atom stereocenters. The molecule has 25 heteroatoms. The number of nitrogens with one attached hydrogen (secondary N) is 1. The number of H-pyrrole nitrogens is 1. The number of aliphatic hydroxyl groups is 2. The summed E-state index contributed by atoms with van der Waals surface area (Å²) in [6.07, 6.45) is -7.44. The second-order valence-electron chi connectivity index (χ2n) is 10.1. The molecule has 4 aromatic rings. The fourth-order valence-electron chi connectivity index (χ4n) is 5.30. The summed E-state index contributed by atoms with van der Waals surface area (Å²) in [5.41, 5.74) is 11.2. The lowest BCUT2D eigenvalue weighted by atomic mass is 10.1. The zero-order chi connectivity index (χ0) is 31.8. The van der Waals surface area contributed by atoms with E-state index in [1.807, 2.05) is 0 Å². The Balaban J connectivity index is 1.21. The number of ether oxygens (including phenoxy) is 2. The Morgan fingerprint density at radius 1 is 0.844 bits per heavy atom. The van der Waals surface area contributed by atoms with E-state index in [-0.39, 0.29) is 34.1 Å². The van der Waals surface area contributed by atoms with Crippen LogP contribution in [0.3, 0.4) is 0 Å². The summed E-state index contributed by atoms with van der Waals surface area (Å²) in [4.78, 5) is 34.9. The summed E-state index contributed by atoms with van der Waals surface area (Å²) in [5.74, 6) is -0.142. The molecule has 3 aliphatic heterocycles. The quantitative estimate of drug-likeness (QED) is 0.102. The smallest absolute Gasteiger partial charge is 0.386 e. The fraction of sp³-hybridized carbons (Fsp3) is 0.500. The topological polar surface area (TPSA) is 289 Å². The molecular weight excluding hydrogens is 682 g/mol. The van der Waals surface area contributed by atoms with Crippen LogP contribution in [-0.2, 0) is 36.7 Å². The SMILES string of the molecule is Nc1nc2c(ncn2[C@@H]2O[C@@H]3CO[P@@](=O)(S)O[C@H]4[C@@H](O)[C@H](n5cnc6c(N)ncnc65)O[C@@H]4CO[P@@](=O)(S)O[C@@H]2[C@@H]3O)c(=O)[nH]1. The summed E-state index contributed by atoms with van der Waals surface area (Å²) < 4.78 is 63.7. The van der Waals surface area contributed by atoms with Gasteiger partial charge in [-0.2, -0.15) is 4.98 Å². The van der Waals surface area contributed by atoms with E-state index >= 15 is 0 Å². The van der Waals surface area contributed by atoms with E-state index in [4.69, 9.17) is 39.0 Å². The van der Waals surface area contributed by atoms with Crippen LogP contribution in [0.15, 0.2) is 23.8 Å². The second-order valence-corrected chi connectivity index (χ2v) is 15.9. The first-order valence-electron chi connectivity index (χ1n) is 13.0. The van der Waals surface area contributed by atoms with E-state index in [0.717, 1.165) is 0 Å². The van der Waals surface area contributed by atoms with Crippen LogP contribution < -0.4 is 17.0 Å². The van der Waals surface area contributed by atoms with Gasteiger partial charge in [0.25, 0.3) is 5.56 Å². The van der Waals surface area contributed by atoms with Gasteiger partial charge < -0.3 is 31.2 Å². The Labute approximate surface area is 260 Å². The van der Waals surface area contributed by atoms with Gasteiger partial charge in [0.15, 0.2) is 35.1 Å². The molecule has 10 atom stereocenters. The molecule has 0 aromatic carbocycles. The van der Waals surface area contributed by atoms with Crippen molar-refractivity contribution in [1.82, 2.24) is 39.0 Å². The fourth-order valence-corrected chi connectivity index (χ4v) is 8.25. The third-order valence-corrected chi connectivity index (χ3v) is 10.6. The van der Waals surface area contributed by atoms with Gasteiger partial charge in [-0.1, -0.05) is 24.5 Å². The number of anilines is 2. The first-order chi connectivity index (χ1) is 21.3. The molecule has 4 aromatic heterocycles. The third-order valence-electron chi connectivity index (χ3n) is 7.32. The van der Waals surface area contributed by atoms with E-state index in [1.54, 1.807) is 0 Å². The summed E-state index contributed by atoms with van der Waals surface area (Å²) in [6.45, 7) is -9.87. The Hall–Kier alpha value is -2.66. The molecule has 0 spiro atoms. The molecule has 45 heavy (non-hydrogen) atoms. The minimum absolute atomic E-state index is 0.0378. The number of imidazole rings is 2. The van der Waals surface area contributed by atoms with Gasteiger partial charge in [-0.25, -0.2) is 29.1 Å². The molecule has 3 saturated heterocycles. The highest BCUT2D eigenvalue weighted by Gasteiger charge is 2.53. The van der Waals surface area contributed by atoms with Crippen molar-refractivity contribution in [3.63, 3.8) is 0 Å². The number of fused-ring (bicyclic) bond motifs is 5. The van der Waals surface area contributed by atoms with Gasteiger partial charge in [-0.05, 0) is 0 Å². The van der Waals surface area contributed by atoms with Gasteiger partial charge in [-0.15, -0.1) is 0 Å². The molecular formula is C20H24N10O11P2S2. The van der Waals surface area contributed by atoms with Crippen LogP contribution in [-0.4, -0.2) is 99.1 Å². The van der Waals surface area contributed by atoms with E-state index < -0.39 is 81.4 Å². The molecule has 21 nitrogen and oxygen atoms in total. The highest BCUT2D eigenvalue weighted by Crippen LogP contribution is 2.60. The van der Waals surface area contributed by atoms with Crippen LogP contribution in [0.5, 0.6) is 0 Å². The number of nitrogen functional groups attached to an aromatic ring is 2. The maximum atomic E-state index is 13.5. The summed E-state index contributed by atoms with van der Waals surface area (Å²) in [5, 5.41) is 22.4. The van der Waals surface area contributed by atoms with Crippen LogP contribution >= 0.6 is 38.1 Å². The Morgan fingerprint density at radius 3 is 2.20 bits per heavy atom. The Morgan fingerprint density at radius 2 is 1.47 bits per heavy atom. The zero-order valence-electron chi connectivity index (χ0n) is 22.4. The molecule has 242 valence electrons. The number of hydrogen-bond donors (Lipinski definition) is 7. The van der Waals surface area contributed by atoms with Crippen molar-refractivity contribution < 1.29 is 46.9 Å². The van der Waals surface area contributed by atoms with Gasteiger partial charge in [0.05, 0.1) is 25.9 Å². The number of nitrogens with zero attached hydrogens (tertiary/aromatic N) is 7. The van der Waals surface area contributed by atoms with Crippen molar-refractivity contribution in [2.45, 2.75) is 49.1 Å². The molecule has 2 bridgehead atoms. The van der Waals surface area contributed by atoms with Crippen LogP contribution in [0.1, 0.15) is 12.5 Å². The zero-order valence-corrected chi connectivity index (χ0v) is 26.0. The first-order valence-corrected chi connectivity index (χ1v) is 18.3. The molecule has 0 radical (unpaired) electrons. The predicted octanol–water partition coefficient (Wildman–Crippen LogP) is -0.467. The van der Waals surface area contributed by atoms with Crippen molar-refractivity contribution in [2.24, 2.45) is 0 Å². The Bertz CT molecular complexity index is 1940. The normalized spacial score (nSPS) is 37.7. The number of aromatic amines is 1.